The van der Waals surface area contributed by atoms with Crippen molar-refractivity contribution in [1.29, 1.82) is 0 Å². The molecule has 0 amide bonds. The van der Waals surface area contributed by atoms with Gasteiger partial charge in [0.1, 0.15) is 16.3 Å². The summed E-state index contributed by atoms with van der Waals surface area (Å²) < 4.78 is 54.0. The Morgan fingerprint density at radius 1 is 1.24 bits per heavy atom. The summed E-state index contributed by atoms with van der Waals surface area (Å²) in [5.74, 6) is -1.17. The first-order valence-corrected chi connectivity index (χ1v) is 8.33. The monoisotopic (exact) mass is 373 g/mol. The van der Waals surface area contributed by atoms with Gasteiger partial charge in [-0.05, 0) is 19.4 Å². The molecular weight excluding hydrogens is 358 g/mol. The lowest BCUT2D eigenvalue weighted by Gasteiger charge is -2.18. The summed E-state index contributed by atoms with van der Waals surface area (Å²) in [5.41, 5.74) is -1.74. The summed E-state index contributed by atoms with van der Waals surface area (Å²) in [7, 11) is 0. The van der Waals surface area contributed by atoms with Crippen LogP contribution in [0.25, 0.3) is 0 Å². The van der Waals surface area contributed by atoms with E-state index in [9.17, 15) is 17.6 Å². The van der Waals surface area contributed by atoms with Crippen LogP contribution in [0.4, 0.5) is 17.6 Å². The van der Waals surface area contributed by atoms with Crippen LogP contribution in [0.2, 0.25) is 0 Å². The van der Waals surface area contributed by atoms with Gasteiger partial charge >= 0.3 is 6.18 Å². The molecule has 2 heterocycles. The van der Waals surface area contributed by atoms with Gasteiger partial charge in [-0.2, -0.15) is 17.6 Å². The predicted molar refractivity (Wildman–Crippen MR) is 86.6 cm³/mol. The maximum atomic E-state index is 14.2. The highest BCUT2D eigenvalue weighted by Gasteiger charge is 2.41. The van der Waals surface area contributed by atoms with Crippen LogP contribution in [0.5, 0.6) is 0 Å². The van der Waals surface area contributed by atoms with Crippen LogP contribution in [-0.2, 0) is 11.0 Å². The highest BCUT2D eigenvalue weighted by Crippen LogP contribution is 2.45. The largest absolute Gasteiger partial charge is 0.433 e. The minimum absolute atomic E-state index is 0.432. The van der Waals surface area contributed by atoms with E-state index in [1.165, 1.54) is 0 Å². The highest BCUT2D eigenvalue weighted by molar-refractivity contribution is 8.14. The van der Waals surface area contributed by atoms with Gasteiger partial charge in [-0.3, -0.25) is 5.10 Å². The van der Waals surface area contributed by atoms with Crippen molar-refractivity contribution in [2.75, 3.05) is 0 Å². The van der Waals surface area contributed by atoms with E-state index in [0.29, 0.717) is 17.0 Å². The normalized spacial score (nSPS) is 17.9. The number of aromatic amines is 1. The van der Waals surface area contributed by atoms with E-state index in [1.807, 2.05) is 13.8 Å². The Hall–Kier alpha value is -2.03. The van der Waals surface area contributed by atoms with E-state index in [2.05, 4.69) is 10.3 Å². The average Bonchev–Trinajstić information content (AvgIpc) is 3.08. The van der Waals surface area contributed by atoms with Crippen molar-refractivity contribution < 1.29 is 22.4 Å². The number of halogens is 4. The molecule has 0 saturated carbocycles. The molecule has 1 aromatic carbocycles. The van der Waals surface area contributed by atoms with Crippen molar-refractivity contribution in [3.05, 3.63) is 53.1 Å². The molecule has 0 saturated heterocycles. The summed E-state index contributed by atoms with van der Waals surface area (Å²) in [4.78, 5) is 5.26. The fraction of sp³-hybridized carbons (Fsp3) is 0.375. The molecule has 0 bridgehead atoms. The minimum atomic E-state index is -4.74. The quantitative estimate of drug-likeness (QED) is 0.779. The Morgan fingerprint density at radius 3 is 2.48 bits per heavy atom. The second kappa shape index (κ2) is 6.36. The number of hydrogen-bond donors (Lipinski definition) is 1. The van der Waals surface area contributed by atoms with Crippen LogP contribution in [-0.4, -0.2) is 20.8 Å². The number of hydrogen-bond acceptors (Lipinski definition) is 4. The van der Waals surface area contributed by atoms with E-state index in [1.54, 1.807) is 35.4 Å². The number of alkyl halides is 3. The smallest absolute Gasteiger partial charge is 0.389 e. The van der Waals surface area contributed by atoms with E-state index in [4.69, 9.17) is 4.84 Å². The van der Waals surface area contributed by atoms with Crippen LogP contribution in [0, 0.1) is 5.95 Å². The number of nitrogens with zero attached hydrogens (tertiary/aromatic N) is 2. The van der Waals surface area contributed by atoms with E-state index in [-0.39, 0.29) is 0 Å². The zero-order valence-corrected chi connectivity index (χ0v) is 14.2. The maximum absolute atomic E-state index is 14.2. The van der Waals surface area contributed by atoms with Gasteiger partial charge in [0.05, 0.1) is 10.8 Å². The number of thioether (sulfide) groups is 1. The number of oxime groups is 1. The summed E-state index contributed by atoms with van der Waals surface area (Å²) >= 11 is 1.03. The van der Waals surface area contributed by atoms with Gasteiger partial charge in [0.25, 0.3) is 0 Å². The molecule has 4 nitrogen and oxygen atoms in total. The van der Waals surface area contributed by atoms with Crippen molar-refractivity contribution in [2.24, 2.45) is 5.16 Å². The van der Waals surface area contributed by atoms with Gasteiger partial charge in [-0.25, -0.2) is 0 Å². The van der Waals surface area contributed by atoms with Crippen LogP contribution < -0.4 is 0 Å². The van der Waals surface area contributed by atoms with Crippen molar-refractivity contribution in [3.63, 3.8) is 0 Å². The van der Waals surface area contributed by atoms with Gasteiger partial charge in [0, 0.05) is 6.42 Å². The molecule has 3 rings (SSSR count). The Kier molecular flexibility index (Phi) is 4.52. The molecule has 1 aliphatic rings. The number of nitrogens with one attached hydrogen (secondary N) is 1. The molecule has 1 atom stereocenters. The molecule has 2 aromatic rings. The lowest BCUT2D eigenvalue weighted by Crippen LogP contribution is -2.18. The molecular formula is C16H15F4N3OS. The summed E-state index contributed by atoms with van der Waals surface area (Å²) in [5, 5.41) is 8.39. The molecule has 0 fully saturated rings. The van der Waals surface area contributed by atoms with E-state index in [0.717, 1.165) is 11.8 Å². The molecule has 0 spiro atoms. The summed E-state index contributed by atoms with van der Waals surface area (Å²) in [6.45, 7) is 3.64. The third-order valence-electron chi connectivity index (χ3n) is 3.63. The average molecular weight is 373 g/mol. The Labute approximate surface area is 145 Å². The number of rotatable bonds is 3. The molecule has 9 heteroatoms. The second-order valence-electron chi connectivity index (χ2n) is 6.22. The Bertz CT molecular complexity index is 786. The van der Waals surface area contributed by atoms with E-state index >= 15 is 0 Å². The van der Waals surface area contributed by atoms with Crippen molar-refractivity contribution in [2.45, 2.75) is 37.3 Å². The molecule has 25 heavy (non-hydrogen) atoms. The molecule has 1 aromatic heterocycles. The first-order chi connectivity index (χ1) is 11.7. The fourth-order valence-electron chi connectivity index (χ4n) is 2.51. The lowest BCUT2D eigenvalue weighted by molar-refractivity contribution is -0.141. The van der Waals surface area contributed by atoms with Crippen molar-refractivity contribution in [3.8, 4) is 0 Å². The summed E-state index contributed by atoms with van der Waals surface area (Å²) in [6, 6.07) is 8.40. The van der Waals surface area contributed by atoms with Gasteiger partial charge in [0.15, 0.2) is 0 Å². The number of aromatic nitrogens is 2. The predicted octanol–water partition coefficient (Wildman–Crippen LogP) is 4.90. The Morgan fingerprint density at radius 2 is 1.92 bits per heavy atom. The second-order valence-corrected chi connectivity index (χ2v) is 7.40. The first-order valence-electron chi connectivity index (χ1n) is 7.45. The standard InChI is InChI=1S/C16H15F4N3OS/c1-15(2)8-10(23-24-15)25-12(9-6-4-3-5-7-9)11-13(16(18,19)20)21-22-14(11)17/h3-7,12H,8H2,1-2H3,(H,21,22). The van der Waals surface area contributed by atoms with Crippen molar-refractivity contribution in [1.82, 2.24) is 10.2 Å². The molecule has 134 valence electrons. The lowest BCUT2D eigenvalue weighted by atomic mass is 10.0. The zero-order chi connectivity index (χ0) is 18.2. The fourth-order valence-corrected chi connectivity index (χ4v) is 3.92. The highest BCUT2D eigenvalue weighted by atomic mass is 32.2. The van der Waals surface area contributed by atoms with Gasteiger partial charge in [0.2, 0.25) is 5.95 Å². The number of H-pyrrole nitrogens is 1. The third kappa shape index (κ3) is 3.81. The van der Waals surface area contributed by atoms with Gasteiger partial charge < -0.3 is 4.84 Å². The SMILES string of the molecule is CC1(C)CC(SC(c2ccccc2)c2c(F)n[nH]c2C(F)(F)F)=NO1. The van der Waals surface area contributed by atoms with Gasteiger partial charge in [-0.15, -0.1) is 5.10 Å². The minimum Gasteiger partial charge on any atom is -0.389 e. The van der Waals surface area contributed by atoms with Gasteiger partial charge in [-0.1, -0.05) is 47.2 Å². The van der Waals surface area contributed by atoms with Crippen LogP contribution in [0.1, 0.15) is 42.3 Å². The molecule has 0 radical (unpaired) electrons. The van der Waals surface area contributed by atoms with Crippen LogP contribution >= 0.6 is 11.8 Å². The summed E-state index contributed by atoms with van der Waals surface area (Å²) in [6.07, 6.45) is -4.31. The van der Waals surface area contributed by atoms with E-state index < -0.39 is 34.2 Å². The molecule has 0 aliphatic carbocycles. The molecule has 1 N–H and O–H groups in total. The first kappa shape index (κ1) is 17.8. The number of benzene rings is 1. The molecule has 1 aliphatic heterocycles. The molecule has 1 unspecified atom stereocenters. The topological polar surface area (TPSA) is 50.3 Å². The third-order valence-corrected chi connectivity index (χ3v) is 4.87. The van der Waals surface area contributed by atoms with Crippen LogP contribution in [0.15, 0.2) is 35.5 Å². The zero-order valence-electron chi connectivity index (χ0n) is 13.4. The maximum Gasteiger partial charge on any atom is 0.433 e. The Balaban J connectivity index is 2.03. The van der Waals surface area contributed by atoms with Crippen LogP contribution in [0.3, 0.4) is 0 Å². The van der Waals surface area contributed by atoms with Crippen molar-refractivity contribution >= 4 is 16.8 Å².